The standard InChI is InChI=1S/C19H21N3O6S/c1-11-16-17(19(26)21(7-8-23)18(16)25)14-9-13(4-5-15(14)20-11)29(27,28)22-6-2-3-12(22)10-24/h4-5,9,12,23-24H,2-3,6-8,10H2,1H3/t12-/m1/s1. The van der Waals surface area contributed by atoms with Crippen LogP contribution in [-0.4, -0.2) is 77.0 Å². The number of pyridine rings is 1. The van der Waals surface area contributed by atoms with Crippen LogP contribution >= 0.6 is 0 Å². The summed E-state index contributed by atoms with van der Waals surface area (Å²) in [7, 11) is -3.88. The van der Waals surface area contributed by atoms with E-state index in [1.165, 1.54) is 22.5 Å². The van der Waals surface area contributed by atoms with Crippen LogP contribution in [0.15, 0.2) is 23.1 Å². The molecular weight excluding hydrogens is 398 g/mol. The predicted molar refractivity (Wildman–Crippen MR) is 103 cm³/mol. The molecule has 1 fully saturated rings. The normalized spacial score (nSPS) is 20.1. The number of rotatable bonds is 5. The maximum absolute atomic E-state index is 13.1. The van der Waals surface area contributed by atoms with Crippen molar-refractivity contribution in [2.75, 3.05) is 26.3 Å². The predicted octanol–water partition coefficient (Wildman–Crippen LogP) is 0.277. The lowest BCUT2D eigenvalue weighted by atomic mass is 10.0. The summed E-state index contributed by atoms with van der Waals surface area (Å²) in [4.78, 5) is 30.8. The minimum absolute atomic E-state index is 0.0148. The molecule has 0 spiro atoms. The maximum Gasteiger partial charge on any atom is 0.263 e. The van der Waals surface area contributed by atoms with Crippen molar-refractivity contribution in [2.24, 2.45) is 0 Å². The van der Waals surface area contributed by atoms with Crippen molar-refractivity contribution in [3.63, 3.8) is 0 Å². The molecule has 10 heteroatoms. The first-order valence-corrected chi connectivity index (χ1v) is 10.8. The van der Waals surface area contributed by atoms with E-state index in [4.69, 9.17) is 0 Å². The molecule has 0 aliphatic carbocycles. The number of aryl methyl sites for hydroxylation is 1. The van der Waals surface area contributed by atoms with E-state index in [0.29, 0.717) is 30.6 Å². The van der Waals surface area contributed by atoms with E-state index >= 15 is 0 Å². The van der Waals surface area contributed by atoms with Gasteiger partial charge in [0.05, 0.1) is 47.0 Å². The Labute approximate surface area is 167 Å². The first-order chi connectivity index (χ1) is 13.8. The van der Waals surface area contributed by atoms with E-state index in [-0.39, 0.29) is 41.2 Å². The van der Waals surface area contributed by atoms with E-state index in [1.807, 2.05) is 0 Å². The molecule has 2 aromatic rings. The molecule has 2 N–H and O–H groups in total. The second-order valence-corrected chi connectivity index (χ2v) is 9.10. The first kappa shape index (κ1) is 19.9. The smallest absolute Gasteiger partial charge is 0.263 e. The molecule has 2 aliphatic heterocycles. The minimum Gasteiger partial charge on any atom is -0.395 e. The van der Waals surface area contributed by atoms with Crippen LogP contribution in [0, 0.1) is 6.92 Å². The van der Waals surface area contributed by atoms with Gasteiger partial charge in [0.25, 0.3) is 11.8 Å². The third kappa shape index (κ3) is 2.94. The lowest BCUT2D eigenvalue weighted by Crippen LogP contribution is -2.37. The molecule has 0 saturated carbocycles. The molecule has 2 amide bonds. The molecule has 0 bridgehead atoms. The number of carbonyl (C=O) groups excluding carboxylic acids is 2. The van der Waals surface area contributed by atoms with Gasteiger partial charge in [-0.05, 0) is 38.0 Å². The van der Waals surface area contributed by atoms with Crippen molar-refractivity contribution in [3.8, 4) is 0 Å². The highest BCUT2D eigenvalue weighted by Gasteiger charge is 2.40. The van der Waals surface area contributed by atoms with Gasteiger partial charge in [-0.3, -0.25) is 19.5 Å². The second kappa shape index (κ2) is 7.13. The summed E-state index contributed by atoms with van der Waals surface area (Å²) in [5.41, 5.74) is 1.04. The van der Waals surface area contributed by atoms with Crippen LogP contribution in [0.5, 0.6) is 0 Å². The minimum atomic E-state index is -3.88. The van der Waals surface area contributed by atoms with Gasteiger partial charge in [0.15, 0.2) is 0 Å². The van der Waals surface area contributed by atoms with Crippen molar-refractivity contribution in [1.29, 1.82) is 0 Å². The number of amides is 2. The molecule has 1 aromatic heterocycles. The molecule has 1 aromatic carbocycles. The summed E-state index contributed by atoms with van der Waals surface area (Å²) in [5, 5.41) is 19.0. The Morgan fingerprint density at radius 2 is 1.90 bits per heavy atom. The largest absolute Gasteiger partial charge is 0.395 e. The number of carbonyl (C=O) groups is 2. The molecule has 9 nitrogen and oxygen atoms in total. The molecule has 2 aliphatic rings. The van der Waals surface area contributed by atoms with Crippen molar-refractivity contribution < 1.29 is 28.2 Å². The van der Waals surface area contributed by atoms with Crippen LogP contribution in [0.1, 0.15) is 39.3 Å². The van der Waals surface area contributed by atoms with Crippen molar-refractivity contribution in [3.05, 3.63) is 35.0 Å². The molecule has 3 heterocycles. The van der Waals surface area contributed by atoms with Crippen LogP contribution in [0.2, 0.25) is 0 Å². The number of fused-ring (bicyclic) bond motifs is 3. The Morgan fingerprint density at radius 3 is 2.59 bits per heavy atom. The fourth-order valence-electron chi connectivity index (χ4n) is 4.12. The molecule has 1 atom stereocenters. The molecule has 4 rings (SSSR count). The van der Waals surface area contributed by atoms with Gasteiger partial charge in [-0.25, -0.2) is 8.42 Å². The number of β-amino-alcohol motifs (C(OH)–C–C–N with tert-alkyl or cyclic N) is 1. The highest BCUT2D eigenvalue weighted by Crippen LogP contribution is 2.34. The summed E-state index contributed by atoms with van der Waals surface area (Å²) < 4.78 is 27.5. The Balaban J connectivity index is 1.89. The quantitative estimate of drug-likeness (QED) is 0.666. The lowest BCUT2D eigenvalue weighted by Gasteiger charge is -2.22. The van der Waals surface area contributed by atoms with Gasteiger partial charge in [-0.2, -0.15) is 4.31 Å². The van der Waals surface area contributed by atoms with Gasteiger partial charge in [0.2, 0.25) is 10.0 Å². The van der Waals surface area contributed by atoms with Crippen LogP contribution in [0.3, 0.4) is 0 Å². The Hall–Kier alpha value is -2.40. The summed E-state index contributed by atoms with van der Waals surface area (Å²) in [6.07, 6.45) is 1.25. The number of benzene rings is 1. The van der Waals surface area contributed by atoms with E-state index in [2.05, 4.69) is 4.98 Å². The van der Waals surface area contributed by atoms with Gasteiger partial charge in [-0.1, -0.05) is 0 Å². The third-order valence-electron chi connectivity index (χ3n) is 5.52. The number of aliphatic hydroxyl groups is 2. The number of sulfonamides is 1. The highest BCUT2D eigenvalue weighted by molar-refractivity contribution is 7.89. The third-order valence-corrected chi connectivity index (χ3v) is 7.47. The zero-order valence-corrected chi connectivity index (χ0v) is 16.6. The molecule has 1 saturated heterocycles. The molecule has 29 heavy (non-hydrogen) atoms. The molecular formula is C19H21N3O6S. The van der Waals surface area contributed by atoms with Gasteiger partial charge >= 0.3 is 0 Å². The number of aromatic nitrogens is 1. The zero-order valence-electron chi connectivity index (χ0n) is 15.8. The van der Waals surface area contributed by atoms with Crippen molar-refractivity contribution in [1.82, 2.24) is 14.2 Å². The fraction of sp³-hybridized carbons (Fsp3) is 0.421. The van der Waals surface area contributed by atoms with Crippen LogP contribution in [0.4, 0.5) is 0 Å². The van der Waals surface area contributed by atoms with Crippen molar-refractivity contribution in [2.45, 2.75) is 30.7 Å². The fourth-order valence-corrected chi connectivity index (χ4v) is 5.83. The zero-order chi connectivity index (χ0) is 20.9. The SMILES string of the molecule is Cc1nc2ccc(S(=O)(=O)N3CCC[C@@H]3CO)cc2c2c1C(=O)N(CCO)C2=O. The van der Waals surface area contributed by atoms with Crippen LogP contribution < -0.4 is 0 Å². The van der Waals surface area contributed by atoms with Gasteiger partial charge in [-0.15, -0.1) is 0 Å². The second-order valence-electron chi connectivity index (χ2n) is 7.21. The monoisotopic (exact) mass is 419 g/mol. The summed E-state index contributed by atoms with van der Waals surface area (Å²) in [6.45, 7) is 1.17. The summed E-state index contributed by atoms with van der Waals surface area (Å²) in [5.74, 6) is -1.11. The van der Waals surface area contributed by atoms with Gasteiger partial charge in [0.1, 0.15) is 0 Å². The Kier molecular flexibility index (Phi) is 4.89. The van der Waals surface area contributed by atoms with Crippen LogP contribution in [0.25, 0.3) is 10.9 Å². The average molecular weight is 419 g/mol. The maximum atomic E-state index is 13.1. The first-order valence-electron chi connectivity index (χ1n) is 9.35. The van der Waals surface area contributed by atoms with Crippen molar-refractivity contribution >= 4 is 32.7 Å². The number of aliphatic hydroxyl groups excluding tert-OH is 2. The Bertz CT molecular complexity index is 1130. The van der Waals surface area contributed by atoms with Gasteiger partial charge in [0, 0.05) is 18.0 Å². The average Bonchev–Trinajstić information content (AvgIpc) is 3.27. The highest BCUT2D eigenvalue weighted by atomic mass is 32.2. The number of hydrogen-bond acceptors (Lipinski definition) is 7. The number of nitrogens with zero attached hydrogens (tertiary/aromatic N) is 3. The topological polar surface area (TPSA) is 128 Å². The van der Waals surface area contributed by atoms with Gasteiger partial charge < -0.3 is 10.2 Å². The molecule has 0 unspecified atom stereocenters. The lowest BCUT2D eigenvalue weighted by molar-refractivity contribution is 0.0624. The number of hydrogen-bond donors (Lipinski definition) is 2. The van der Waals surface area contributed by atoms with E-state index in [1.54, 1.807) is 6.92 Å². The summed E-state index contributed by atoms with van der Waals surface area (Å²) in [6, 6.07) is 3.85. The van der Waals surface area contributed by atoms with E-state index < -0.39 is 27.9 Å². The van der Waals surface area contributed by atoms with E-state index in [9.17, 15) is 28.2 Å². The molecule has 154 valence electrons. The summed E-state index contributed by atoms with van der Waals surface area (Å²) >= 11 is 0. The Morgan fingerprint density at radius 1 is 1.17 bits per heavy atom. The van der Waals surface area contributed by atoms with Crippen LogP contribution in [-0.2, 0) is 10.0 Å². The molecule has 0 radical (unpaired) electrons. The van der Waals surface area contributed by atoms with E-state index in [0.717, 1.165) is 4.90 Å². The number of imide groups is 1.